The number of ether oxygens (including phenoxy) is 1. The lowest BCUT2D eigenvalue weighted by molar-refractivity contribution is 0.301. The van der Waals surface area contributed by atoms with E-state index in [-0.39, 0.29) is 11.9 Å². The molecule has 0 fully saturated rings. The molecule has 0 saturated carbocycles. The van der Waals surface area contributed by atoms with Crippen LogP contribution >= 0.6 is 15.9 Å². The van der Waals surface area contributed by atoms with E-state index in [1.807, 2.05) is 25.1 Å². The van der Waals surface area contributed by atoms with Gasteiger partial charge in [0.2, 0.25) is 0 Å². The van der Waals surface area contributed by atoms with Crippen molar-refractivity contribution in [1.82, 2.24) is 0 Å². The summed E-state index contributed by atoms with van der Waals surface area (Å²) in [7, 11) is 0. The molecule has 0 aliphatic carbocycles. The molecule has 100 valence electrons. The van der Waals surface area contributed by atoms with Crippen LogP contribution in [0, 0.1) is 5.82 Å². The Kier molecular flexibility index (Phi) is 4.56. The van der Waals surface area contributed by atoms with Crippen LogP contribution < -0.4 is 10.5 Å². The van der Waals surface area contributed by atoms with Crippen LogP contribution in [0.5, 0.6) is 5.75 Å². The quantitative estimate of drug-likeness (QED) is 0.915. The van der Waals surface area contributed by atoms with Gasteiger partial charge in [0.05, 0.1) is 0 Å². The van der Waals surface area contributed by atoms with E-state index in [9.17, 15) is 4.39 Å². The molecular formula is C15H15BrFNO. The fourth-order valence-corrected chi connectivity index (χ4v) is 2.09. The second-order valence-electron chi connectivity index (χ2n) is 4.39. The van der Waals surface area contributed by atoms with Crippen molar-refractivity contribution in [1.29, 1.82) is 0 Å². The van der Waals surface area contributed by atoms with Crippen molar-refractivity contribution in [2.75, 3.05) is 0 Å². The van der Waals surface area contributed by atoms with Crippen LogP contribution in [0.15, 0.2) is 46.9 Å². The van der Waals surface area contributed by atoms with Gasteiger partial charge >= 0.3 is 0 Å². The smallest absolute Gasteiger partial charge is 0.125 e. The Bertz CT molecular complexity index is 555. The lowest BCUT2D eigenvalue weighted by atomic mass is 10.1. The Morgan fingerprint density at radius 3 is 2.53 bits per heavy atom. The standard InChI is InChI=1S/C15H15BrFNO/c1-10(18)14-7-4-12(16)8-15(14)19-9-11-2-5-13(17)6-3-11/h2-8,10H,9,18H2,1H3/t10-/m0/s1. The molecule has 2 nitrogen and oxygen atoms in total. The van der Waals surface area contributed by atoms with Crippen LogP contribution in [0.1, 0.15) is 24.1 Å². The van der Waals surface area contributed by atoms with Gasteiger partial charge in [-0.15, -0.1) is 0 Å². The van der Waals surface area contributed by atoms with Crippen LogP contribution in [-0.4, -0.2) is 0 Å². The van der Waals surface area contributed by atoms with E-state index in [2.05, 4.69) is 15.9 Å². The highest BCUT2D eigenvalue weighted by Crippen LogP contribution is 2.28. The second-order valence-corrected chi connectivity index (χ2v) is 5.30. The third-order valence-corrected chi connectivity index (χ3v) is 3.27. The van der Waals surface area contributed by atoms with Gasteiger partial charge in [-0.05, 0) is 36.8 Å². The molecule has 0 aliphatic heterocycles. The summed E-state index contributed by atoms with van der Waals surface area (Å²) in [5, 5.41) is 0. The molecule has 2 aromatic carbocycles. The van der Waals surface area contributed by atoms with Gasteiger partial charge in [0, 0.05) is 16.1 Å². The summed E-state index contributed by atoms with van der Waals surface area (Å²) in [5.74, 6) is 0.496. The highest BCUT2D eigenvalue weighted by Gasteiger charge is 2.09. The van der Waals surface area contributed by atoms with Gasteiger partial charge in [-0.3, -0.25) is 0 Å². The molecule has 19 heavy (non-hydrogen) atoms. The minimum absolute atomic E-state index is 0.101. The number of hydrogen-bond donors (Lipinski definition) is 1. The molecule has 0 aliphatic rings. The molecular weight excluding hydrogens is 309 g/mol. The second kappa shape index (κ2) is 6.17. The molecule has 4 heteroatoms. The van der Waals surface area contributed by atoms with Crippen molar-refractivity contribution in [3.8, 4) is 5.75 Å². The van der Waals surface area contributed by atoms with E-state index in [4.69, 9.17) is 10.5 Å². The van der Waals surface area contributed by atoms with Crippen LogP contribution in [0.4, 0.5) is 4.39 Å². The normalized spacial score (nSPS) is 12.2. The number of rotatable bonds is 4. The van der Waals surface area contributed by atoms with Crippen LogP contribution in [0.3, 0.4) is 0 Å². The molecule has 2 N–H and O–H groups in total. The van der Waals surface area contributed by atoms with Crippen LogP contribution in [-0.2, 0) is 6.61 Å². The lowest BCUT2D eigenvalue weighted by Crippen LogP contribution is -2.08. The molecule has 2 aromatic rings. The van der Waals surface area contributed by atoms with Crippen molar-refractivity contribution in [2.45, 2.75) is 19.6 Å². The largest absolute Gasteiger partial charge is 0.489 e. The molecule has 0 bridgehead atoms. The third kappa shape index (κ3) is 3.78. The molecule has 0 spiro atoms. The van der Waals surface area contributed by atoms with E-state index in [1.165, 1.54) is 12.1 Å². The minimum Gasteiger partial charge on any atom is -0.489 e. The van der Waals surface area contributed by atoms with E-state index in [1.54, 1.807) is 12.1 Å². The Labute approximate surface area is 120 Å². The first-order chi connectivity index (χ1) is 9.06. The third-order valence-electron chi connectivity index (χ3n) is 2.77. The van der Waals surface area contributed by atoms with E-state index in [0.29, 0.717) is 6.61 Å². The number of benzene rings is 2. The summed E-state index contributed by atoms with van der Waals surface area (Å²) in [4.78, 5) is 0. The van der Waals surface area contributed by atoms with E-state index in [0.717, 1.165) is 21.3 Å². The number of halogens is 2. The van der Waals surface area contributed by atoms with Crippen LogP contribution in [0.2, 0.25) is 0 Å². The predicted molar refractivity (Wildman–Crippen MR) is 77.5 cm³/mol. The molecule has 1 atom stereocenters. The zero-order valence-corrected chi connectivity index (χ0v) is 12.2. The minimum atomic E-state index is -0.248. The highest BCUT2D eigenvalue weighted by atomic mass is 79.9. The van der Waals surface area contributed by atoms with Crippen molar-refractivity contribution < 1.29 is 9.13 Å². The van der Waals surface area contributed by atoms with Crippen molar-refractivity contribution in [3.63, 3.8) is 0 Å². The lowest BCUT2D eigenvalue weighted by Gasteiger charge is -2.14. The molecule has 2 rings (SSSR count). The summed E-state index contributed by atoms with van der Waals surface area (Å²) >= 11 is 3.41. The molecule has 0 unspecified atom stereocenters. The maximum absolute atomic E-state index is 12.8. The fraction of sp³-hybridized carbons (Fsp3) is 0.200. The summed E-state index contributed by atoms with van der Waals surface area (Å²) < 4.78 is 19.5. The molecule has 0 radical (unpaired) electrons. The molecule has 0 saturated heterocycles. The Morgan fingerprint density at radius 2 is 1.89 bits per heavy atom. The van der Waals surface area contributed by atoms with Gasteiger partial charge in [0.15, 0.2) is 0 Å². The zero-order chi connectivity index (χ0) is 13.8. The molecule has 0 heterocycles. The van der Waals surface area contributed by atoms with Crippen molar-refractivity contribution >= 4 is 15.9 Å². The number of nitrogens with two attached hydrogens (primary N) is 1. The van der Waals surface area contributed by atoms with Gasteiger partial charge in [0.1, 0.15) is 18.2 Å². The first-order valence-electron chi connectivity index (χ1n) is 5.98. The summed E-state index contributed by atoms with van der Waals surface area (Å²) in [6.45, 7) is 2.30. The number of hydrogen-bond acceptors (Lipinski definition) is 2. The summed E-state index contributed by atoms with van der Waals surface area (Å²) in [6, 6.07) is 11.9. The monoisotopic (exact) mass is 323 g/mol. The highest BCUT2D eigenvalue weighted by molar-refractivity contribution is 9.10. The van der Waals surface area contributed by atoms with Crippen molar-refractivity contribution in [2.24, 2.45) is 5.73 Å². The van der Waals surface area contributed by atoms with Gasteiger partial charge in [-0.25, -0.2) is 4.39 Å². The predicted octanol–water partition coefficient (Wildman–Crippen LogP) is 4.19. The van der Waals surface area contributed by atoms with Gasteiger partial charge < -0.3 is 10.5 Å². The Balaban J connectivity index is 2.14. The fourth-order valence-electron chi connectivity index (χ4n) is 1.75. The maximum Gasteiger partial charge on any atom is 0.125 e. The summed E-state index contributed by atoms with van der Waals surface area (Å²) in [5.41, 5.74) is 7.77. The van der Waals surface area contributed by atoms with E-state index >= 15 is 0 Å². The topological polar surface area (TPSA) is 35.2 Å². The molecule has 0 aromatic heterocycles. The van der Waals surface area contributed by atoms with E-state index < -0.39 is 0 Å². The van der Waals surface area contributed by atoms with Gasteiger partial charge in [-0.1, -0.05) is 34.1 Å². The maximum atomic E-state index is 12.8. The van der Waals surface area contributed by atoms with Gasteiger partial charge in [0.25, 0.3) is 0 Å². The average Bonchev–Trinajstić information content (AvgIpc) is 2.38. The van der Waals surface area contributed by atoms with Gasteiger partial charge in [-0.2, -0.15) is 0 Å². The SMILES string of the molecule is C[C@H](N)c1ccc(Br)cc1OCc1ccc(F)cc1. The average molecular weight is 324 g/mol. The first-order valence-corrected chi connectivity index (χ1v) is 6.78. The van der Waals surface area contributed by atoms with Crippen LogP contribution in [0.25, 0.3) is 0 Å². The molecule has 0 amide bonds. The first kappa shape index (κ1) is 14.0. The summed E-state index contributed by atoms with van der Waals surface area (Å²) in [6.07, 6.45) is 0. The van der Waals surface area contributed by atoms with Crippen molar-refractivity contribution in [3.05, 3.63) is 63.9 Å². The Morgan fingerprint density at radius 1 is 1.21 bits per heavy atom. The Hall–Kier alpha value is -1.39. The zero-order valence-electron chi connectivity index (χ0n) is 10.6.